The van der Waals surface area contributed by atoms with Crippen LogP contribution < -0.4 is 5.32 Å². The summed E-state index contributed by atoms with van der Waals surface area (Å²) in [5.41, 5.74) is -0.649. The van der Waals surface area contributed by atoms with Crippen molar-refractivity contribution in [3.63, 3.8) is 0 Å². The van der Waals surface area contributed by atoms with Gasteiger partial charge < -0.3 is 19.7 Å². The molecule has 0 aromatic rings. The molecule has 5 heteroatoms. The molecule has 5 nitrogen and oxygen atoms in total. The lowest BCUT2D eigenvalue weighted by Crippen LogP contribution is -2.43. The highest BCUT2D eigenvalue weighted by Gasteiger charge is 2.52. The minimum Gasteiger partial charge on any atom is -0.444 e. The van der Waals surface area contributed by atoms with E-state index in [-0.39, 0.29) is 11.7 Å². The third-order valence-corrected chi connectivity index (χ3v) is 3.52. The molecule has 1 unspecified atom stereocenters. The van der Waals surface area contributed by atoms with E-state index in [1.54, 1.807) is 12.0 Å². The van der Waals surface area contributed by atoms with Crippen molar-refractivity contribution in [3.8, 4) is 0 Å². The first kappa shape index (κ1) is 12.6. The smallest absolute Gasteiger partial charge is 0.410 e. The van der Waals surface area contributed by atoms with Gasteiger partial charge in [0, 0.05) is 32.7 Å². The topological polar surface area (TPSA) is 50.8 Å². The van der Waals surface area contributed by atoms with E-state index >= 15 is 0 Å². The van der Waals surface area contributed by atoms with Gasteiger partial charge in [0.2, 0.25) is 0 Å². The fraction of sp³-hybridized carbons (Fsp3) is 0.917. The number of hydrogen-bond donors (Lipinski definition) is 1. The Labute approximate surface area is 102 Å². The van der Waals surface area contributed by atoms with E-state index < -0.39 is 5.60 Å². The van der Waals surface area contributed by atoms with Crippen molar-refractivity contribution in [2.24, 2.45) is 5.92 Å². The van der Waals surface area contributed by atoms with E-state index in [9.17, 15) is 4.79 Å². The second-order valence-corrected chi connectivity index (χ2v) is 5.96. The molecule has 0 bridgehead atoms. The predicted molar refractivity (Wildman–Crippen MR) is 63.9 cm³/mol. The van der Waals surface area contributed by atoms with Gasteiger partial charge in [0.15, 0.2) is 0 Å². The highest BCUT2D eigenvalue weighted by atomic mass is 16.6. The van der Waals surface area contributed by atoms with E-state index in [4.69, 9.17) is 9.47 Å². The summed E-state index contributed by atoms with van der Waals surface area (Å²) in [6.45, 7) is 8.72. The van der Waals surface area contributed by atoms with Crippen LogP contribution in [-0.4, -0.2) is 55.5 Å². The van der Waals surface area contributed by atoms with E-state index in [1.807, 2.05) is 20.8 Å². The van der Waals surface area contributed by atoms with Crippen LogP contribution >= 0.6 is 0 Å². The molecule has 0 aromatic heterocycles. The Morgan fingerprint density at radius 2 is 2.18 bits per heavy atom. The van der Waals surface area contributed by atoms with Crippen LogP contribution in [0.1, 0.15) is 20.8 Å². The van der Waals surface area contributed by atoms with E-state index in [0.29, 0.717) is 12.5 Å². The van der Waals surface area contributed by atoms with E-state index in [1.165, 1.54) is 0 Å². The zero-order valence-electron chi connectivity index (χ0n) is 11.1. The first-order valence-electron chi connectivity index (χ1n) is 6.10. The number of nitrogens with zero attached hydrogens (tertiary/aromatic N) is 1. The van der Waals surface area contributed by atoms with Gasteiger partial charge in [0.25, 0.3) is 0 Å². The number of rotatable bonds is 1. The van der Waals surface area contributed by atoms with Gasteiger partial charge in [-0.25, -0.2) is 4.79 Å². The summed E-state index contributed by atoms with van der Waals surface area (Å²) in [4.78, 5) is 13.7. The fourth-order valence-corrected chi connectivity index (χ4v) is 2.63. The first-order valence-corrected chi connectivity index (χ1v) is 6.10. The number of methoxy groups -OCH3 is 1. The average Bonchev–Trinajstić information content (AvgIpc) is 2.70. The monoisotopic (exact) mass is 242 g/mol. The van der Waals surface area contributed by atoms with Gasteiger partial charge in [-0.3, -0.25) is 0 Å². The Hall–Kier alpha value is -0.810. The zero-order chi connectivity index (χ0) is 12.7. The van der Waals surface area contributed by atoms with Crippen molar-refractivity contribution in [1.82, 2.24) is 10.2 Å². The molecule has 1 N–H and O–H groups in total. The SMILES string of the molecule is CO[C@]12CNCC1CN(C(=O)OC(C)(C)C)C2. The van der Waals surface area contributed by atoms with Crippen LogP contribution in [0.15, 0.2) is 0 Å². The highest BCUT2D eigenvalue weighted by molar-refractivity contribution is 5.69. The maximum Gasteiger partial charge on any atom is 0.410 e. The molecular formula is C12H22N2O3. The zero-order valence-corrected chi connectivity index (χ0v) is 11.1. The van der Waals surface area contributed by atoms with Crippen LogP contribution in [0.3, 0.4) is 0 Å². The number of carbonyl (C=O) groups excluding carboxylic acids is 1. The van der Waals surface area contributed by atoms with Crippen molar-refractivity contribution >= 4 is 6.09 Å². The molecule has 0 aromatic carbocycles. The van der Waals surface area contributed by atoms with Gasteiger partial charge >= 0.3 is 6.09 Å². The number of amides is 1. The summed E-state index contributed by atoms with van der Waals surface area (Å²) in [5.74, 6) is 0.375. The molecule has 0 saturated carbocycles. The summed E-state index contributed by atoms with van der Waals surface area (Å²) in [5, 5.41) is 3.32. The van der Waals surface area contributed by atoms with Gasteiger partial charge in [0.05, 0.1) is 6.54 Å². The third kappa shape index (κ3) is 2.40. The Morgan fingerprint density at radius 3 is 2.71 bits per heavy atom. The number of carbonyl (C=O) groups is 1. The van der Waals surface area contributed by atoms with Crippen molar-refractivity contribution in [1.29, 1.82) is 0 Å². The molecule has 2 aliphatic heterocycles. The lowest BCUT2D eigenvalue weighted by molar-refractivity contribution is -0.0112. The van der Waals surface area contributed by atoms with Gasteiger partial charge in [-0.2, -0.15) is 0 Å². The molecule has 2 atom stereocenters. The van der Waals surface area contributed by atoms with E-state index in [0.717, 1.165) is 19.6 Å². The van der Waals surface area contributed by atoms with Gasteiger partial charge in [-0.15, -0.1) is 0 Å². The van der Waals surface area contributed by atoms with Crippen molar-refractivity contribution in [3.05, 3.63) is 0 Å². The summed E-state index contributed by atoms with van der Waals surface area (Å²) in [6, 6.07) is 0. The Bertz CT molecular complexity index is 313. The minimum atomic E-state index is -0.437. The van der Waals surface area contributed by atoms with Crippen LogP contribution in [0.4, 0.5) is 4.79 Å². The molecular weight excluding hydrogens is 220 g/mol. The van der Waals surface area contributed by atoms with Crippen LogP contribution in [0.2, 0.25) is 0 Å². The number of likely N-dealkylation sites (tertiary alicyclic amines) is 1. The maximum atomic E-state index is 12.0. The molecule has 2 rings (SSSR count). The van der Waals surface area contributed by atoms with E-state index in [2.05, 4.69) is 5.32 Å². The van der Waals surface area contributed by atoms with Gasteiger partial charge in [-0.05, 0) is 20.8 Å². The quantitative estimate of drug-likeness (QED) is 0.740. The number of fused-ring (bicyclic) bond motifs is 1. The van der Waals surface area contributed by atoms with Crippen LogP contribution in [0.5, 0.6) is 0 Å². The normalized spacial score (nSPS) is 32.7. The Morgan fingerprint density at radius 1 is 1.47 bits per heavy atom. The van der Waals surface area contributed by atoms with Gasteiger partial charge in [0.1, 0.15) is 11.2 Å². The third-order valence-electron chi connectivity index (χ3n) is 3.52. The molecule has 2 saturated heterocycles. The van der Waals surface area contributed by atoms with Crippen LogP contribution in [0.25, 0.3) is 0 Å². The lowest BCUT2D eigenvalue weighted by atomic mass is 9.95. The van der Waals surface area contributed by atoms with Crippen molar-refractivity contribution in [2.45, 2.75) is 32.0 Å². The summed E-state index contributed by atoms with van der Waals surface area (Å²) in [6.07, 6.45) is -0.233. The lowest BCUT2D eigenvalue weighted by Gasteiger charge is -2.27. The highest BCUT2D eigenvalue weighted by Crippen LogP contribution is 2.34. The summed E-state index contributed by atoms with van der Waals surface area (Å²) in [7, 11) is 1.72. The molecule has 1 amide bonds. The van der Waals surface area contributed by atoms with Crippen LogP contribution in [-0.2, 0) is 9.47 Å². The molecule has 0 spiro atoms. The molecule has 98 valence electrons. The van der Waals surface area contributed by atoms with Gasteiger partial charge in [-0.1, -0.05) is 0 Å². The molecule has 0 aliphatic carbocycles. The minimum absolute atomic E-state index is 0.211. The van der Waals surface area contributed by atoms with Crippen molar-refractivity contribution in [2.75, 3.05) is 33.3 Å². The second kappa shape index (κ2) is 4.14. The summed E-state index contributed by atoms with van der Waals surface area (Å²) >= 11 is 0. The number of ether oxygens (including phenoxy) is 2. The molecule has 0 radical (unpaired) electrons. The largest absolute Gasteiger partial charge is 0.444 e. The standard InChI is InChI=1S/C12H22N2O3/c1-11(2,3)17-10(15)14-6-9-5-13-7-12(9,8-14)16-4/h9,13H,5-8H2,1-4H3/t9?,12-/m0/s1. The first-order chi connectivity index (χ1) is 7.86. The molecule has 2 aliphatic rings. The predicted octanol–water partition coefficient (Wildman–Crippen LogP) is 0.842. The molecule has 17 heavy (non-hydrogen) atoms. The maximum absolute atomic E-state index is 12.0. The molecule has 2 heterocycles. The number of hydrogen-bond acceptors (Lipinski definition) is 4. The van der Waals surface area contributed by atoms with Crippen LogP contribution in [0, 0.1) is 5.92 Å². The summed E-state index contributed by atoms with van der Waals surface area (Å²) < 4.78 is 11.0. The van der Waals surface area contributed by atoms with Crippen molar-refractivity contribution < 1.29 is 14.3 Å². The molecule has 2 fully saturated rings. The Balaban J connectivity index is 2.00. The fourth-order valence-electron chi connectivity index (χ4n) is 2.63. The second-order valence-electron chi connectivity index (χ2n) is 5.96. The Kier molecular flexibility index (Phi) is 3.08. The average molecular weight is 242 g/mol. The number of nitrogens with one attached hydrogen (secondary N) is 1.